The van der Waals surface area contributed by atoms with Gasteiger partial charge in [-0.15, -0.1) is 11.3 Å². The van der Waals surface area contributed by atoms with Crippen LogP contribution in [0, 0.1) is 5.92 Å². The average Bonchev–Trinajstić information content (AvgIpc) is 2.99. The maximum atomic E-state index is 11.7. The molecule has 1 aliphatic carbocycles. The van der Waals surface area contributed by atoms with Crippen molar-refractivity contribution in [1.29, 1.82) is 0 Å². The van der Waals surface area contributed by atoms with Crippen LogP contribution in [0.15, 0.2) is 5.38 Å². The standard InChI is InChI=1S/C11H17N3OS/c1-6(2)9(12)10(15)14-11-13-8(5-16-11)7-3-4-7/h5-7,9H,3-4,12H2,1-2H3,(H,13,14,15)/t9-/m1/s1. The molecule has 5 heteroatoms. The van der Waals surface area contributed by atoms with Gasteiger partial charge < -0.3 is 11.1 Å². The number of amides is 1. The van der Waals surface area contributed by atoms with Gasteiger partial charge in [0.1, 0.15) is 0 Å². The fraction of sp³-hybridized carbons (Fsp3) is 0.636. The van der Waals surface area contributed by atoms with Crippen molar-refractivity contribution in [2.45, 2.75) is 38.6 Å². The maximum Gasteiger partial charge on any atom is 0.243 e. The van der Waals surface area contributed by atoms with Crippen molar-refractivity contribution < 1.29 is 4.79 Å². The molecule has 1 amide bonds. The molecule has 1 aromatic heterocycles. The number of hydrogen-bond donors (Lipinski definition) is 2. The minimum atomic E-state index is -0.465. The molecule has 1 fully saturated rings. The molecule has 4 nitrogen and oxygen atoms in total. The Bertz CT molecular complexity index is 384. The summed E-state index contributed by atoms with van der Waals surface area (Å²) in [5.41, 5.74) is 6.86. The summed E-state index contributed by atoms with van der Waals surface area (Å²) in [6.07, 6.45) is 2.45. The summed E-state index contributed by atoms with van der Waals surface area (Å²) in [6, 6.07) is -0.465. The average molecular weight is 239 g/mol. The van der Waals surface area contributed by atoms with E-state index in [0.717, 1.165) is 5.69 Å². The predicted octanol–water partition coefficient (Wildman–Crippen LogP) is 1.94. The number of anilines is 1. The number of carbonyl (C=O) groups is 1. The summed E-state index contributed by atoms with van der Waals surface area (Å²) >= 11 is 1.48. The molecule has 3 N–H and O–H groups in total. The summed E-state index contributed by atoms with van der Waals surface area (Å²) < 4.78 is 0. The molecule has 0 radical (unpaired) electrons. The smallest absolute Gasteiger partial charge is 0.243 e. The number of nitrogens with zero attached hydrogens (tertiary/aromatic N) is 1. The molecule has 88 valence electrons. The number of carbonyl (C=O) groups excluding carboxylic acids is 1. The SMILES string of the molecule is CC(C)[C@@H](N)C(=O)Nc1nc(C2CC2)cs1. The van der Waals surface area contributed by atoms with Gasteiger partial charge in [-0.1, -0.05) is 13.8 Å². The number of hydrogen-bond acceptors (Lipinski definition) is 4. The highest BCUT2D eigenvalue weighted by atomic mass is 32.1. The van der Waals surface area contributed by atoms with E-state index in [1.807, 2.05) is 19.2 Å². The monoisotopic (exact) mass is 239 g/mol. The molecule has 0 aromatic carbocycles. The van der Waals surface area contributed by atoms with Crippen molar-refractivity contribution >= 4 is 22.4 Å². The molecule has 0 saturated heterocycles. The normalized spacial score (nSPS) is 17.5. The Morgan fingerprint density at radius 2 is 2.31 bits per heavy atom. The highest BCUT2D eigenvalue weighted by molar-refractivity contribution is 7.13. The molecule has 1 aromatic rings. The molecular formula is C11H17N3OS. The third-order valence-electron chi connectivity index (χ3n) is 2.77. The minimum absolute atomic E-state index is 0.142. The first-order chi connectivity index (χ1) is 7.58. The molecule has 2 rings (SSSR count). The van der Waals surface area contributed by atoms with Gasteiger partial charge in [0, 0.05) is 11.3 Å². The maximum absolute atomic E-state index is 11.7. The van der Waals surface area contributed by atoms with Gasteiger partial charge in [-0.2, -0.15) is 0 Å². The zero-order valence-corrected chi connectivity index (χ0v) is 10.4. The second kappa shape index (κ2) is 4.51. The van der Waals surface area contributed by atoms with Crippen LogP contribution >= 0.6 is 11.3 Å². The lowest BCUT2D eigenvalue weighted by atomic mass is 10.1. The van der Waals surface area contributed by atoms with E-state index >= 15 is 0 Å². The summed E-state index contributed by atoms with van der Waals surface area (Å²) in [5, 5.41) is 5.46. The largest absolute Gasteiger partial charge is 0.320 e. The van der Waals surface area contributed by atoms with E-state index in [-0.39, 0.29) is 11.8 Å². The van der Waals surface area contributed by atoms with Crippen LogP contribution in [0.2, 0.25) is 0 Å². The number of aromatic nitrogens is 1. The third kappa shape index (κ3) is 2.59. The van der Waals surface area contributed by atoms with E-state index in [0.29, 0.717) is 11.0 Å². The number of thiazole rings is 1. The van der Waals surface area contributed by atoms with Crippen LogP contribution in [0.3, 0.4) is 0 Å². The third-order valence-corrected chi connectivity index (χ3v) is 3.54. The summed E-state index contributed by atoms with van der Waals surface area (Å²) in [5.74, 6) is 0.621. The lowest BCUT2D eigenvalue weighted by molar-refractivity contribution is -0.118. The lowest BCUT2D eigenvalue weighted by Crippen LogP contribution is -2.39. The van der Waals surface area contributed by atoms with Crippen LogP contribution in [0.5, 0.6) is 0 Å². The van der Waals surface area contributed by atoms with E-state index in [2.05, 4.69) is 10.3 Å². The van der Waals surface area contributed by atoms with Gasteiger partial charge in [-0.3, -0.25) is 4.79 Å². The molecule has 0 aliphatic heterocycles. The van der Waals surface area contributed by atoms with Gasteiger partial charge in [0.15, 0.2) is 5.13 Å². The van der Waals surface area contributed by atoms with Crippen molar-refractivity contribution in [1.82, 2.24) is 4.98 Å². The summed E-state index contributed by atoms with van der Waals surface area (Å²) in [4.78, 5) is 16.1. The minimum Gasteiger partial charge on any atom is -0.320 e. The van der Waals surface area contributed by atoms with Crippen LogP contribution in [0.4, 0.5) is 5.13 Å². The van der Waals surface area contributed by atoms with Crippen molar-refractivity contribution in [3.63, 3.8) is 0 Å². The van der Waals surface area contributed by atoms with Gasteiger partial charge in [0.25, 0.3) is 0 Å². The number of rotatable bonds is 4. The molecule has 1 saturated carbocycles. The van der Waals surface area contributed by atoms with E-state index < -0.39 is 6.04 Å². The van der Waals surface area contributed by atoms with Crippen molar-refractivity contribution in [2.24, 2.45) is 11.7 Å². The van der Waals surface area contributed by atoms with E-state index in [9.17, 15) is 4.79 Å². The van der Waals surface area contributed by atoms with Gasteiger partial charge in [0.05, 0.1) is 11.7 Å². The Morgan fingerprint density at radius 1 is 1.62 bits per heavy atom. The number of nitrogens with one attached hydrogen (secondary N) is 1. The van der Waals surface area contributed by atoms with Crippen LogP contribution < -0.4 is 11.1 Å². The van der Waals surface area contributed by atoms with Crippen molar-refractivity contribution in [2.75, 3.05) is 5.32 Å². The van der Waals surface area contributed by atoms with Crippen molar-refractivity contribution in [3.05, 3.63) is 11.1 Å². The molecular weight excluding hydrogens is 222 g/mol. The molecule has 16 heavy (non-hydrogen) atoms. The Balaban J connectivity index is 1.94. The molecule has 0 bridgehead atoms. The summed E-state index contributed by atoms with van der Waals surface area (Å²) in [7, 11) is 0. The fourth-order valence-corrected chi connectivity index (χ4v) is 2.20. The molecule has 0 spiro atoms. The van der Waals surface area contributed by atoms with E-state index in [1.54, 1.807) is 0 Å². The lowest BCUT2D eigenvalue weighted by Gasteiger charge is -2.13. The van der Waals surface area contributed by atoms with Crippen LogP contribution in [0.25, 0.3) is 0 Å². The van der Waals surface area contributed by atoms with E-state index in [1.165, 1.54) is 24.2 Å². The van der Waals surface area contributed by atoms with Crippen LogP contribution in [-0.2, 0) is 4.79 Å². The Labute approximate surface area is 99.3 Å². The topological polar surface area (TPSA) is 68.0 Å². The zero-order chi connectivity index (χ0) is 11.7. The predicted molar refractivity (Wildman–Crippen MR) is 65.5 cm³/mol. The molecule has 0 unspecified atom stereocenters. The van der Waals surface area contributed by atoms with Crippen molar-refractivity contribution in [3.8, 4) is 0 Å². The van der Waals surface area contributed by atoms with Gasteiger partial charge in [0.2, 0.25) is 5.91 Å². The molecule has 1 heterocycles. The van der Waals surface area contributed by atoms with E-state index in [4.69, 9.17) is 5.73 Å². The summed E-state index contributed by atoms with van der Waals surface area (Å²) in [6.45, 7) is 3.86. The molecule has 1 atom stereocenters. The zero-order valence-electron chi connectivity index (χ0n) is 9.56. The van der Waals surface area contributed by atoms with Crippen LogP contribution in [0.1, 0.15) is 38.3 Å². The van der Waals surface area contributed by atoms with Gasteiger partial charge in [-0.05, 0) is 18.8 Å². The Hall–Kier alpha value is -0.940. The Kier molecular flexibility index (Phi) is 3.25. The first-order valence-corrected chi connectivity index (χ1v) is 6.47. The highest BCUT2D eigenvalue weighted by Crippen LogP contribution is 2.40. The van der Waals surface area contributed by atoms with Gasteiger partial charge in [-0.25, -0.2) is 4.98 Å². The Morgan fingerprint density at radius 3 is 2.88 bits per heavy atom. The quantitative estimate of drug-likeness (QED) is 0.843. The van der Waals surface area contributed by atoms with Crippen LogP contribution in [-0.4, -0.2) is 16.9 Å². The first-order valence-electron chi connectivity index (χ1n) is 5.60. The highest BCUT2D eigenvalue weighted by Gasteiger charge is 2.26. The number of nitrogens with two attached hydrogens (primary N) is 1. The fourth-order valence-electron chi connectivity index (χ4n) is 1.40. The second-order valence-electron chi connectivity index (χ2n) is 4.61. The molecule has 1 aliphatic rings. The van der Waals surface area contributed by atoms with Gasteiger partial charge >= 0.3 is 0 Å². The second-order valence-corrected chi connectivity index (χ2v) is 5.47. The first kappa shape index (κ1) is 11.5.